The molecule has 1 heterocycles. The molecule has 0 saturated heterocycles. The molecule has 0 aliphatic rings. The zero-order chi connectivity index (χ0) is 12.8. The minimum absolute atomic E-state index is 0.180. The van der Waals surface area contributed by atoms with Crippen molar-refractivity contribution in [3.05, 3.63) is 18.2 Å². The number of nitrogens with zero attached hydrogens (tertiary/aromatic N) is 3. The summed E-state index contributed by atoms with van der Waals surface area (Å²) >= 11 is 0. The molecule has 3 N–H and O–H groups in total. The van der Waals surface area contributed by atoms with Crippen LogP contribution in [0.3, 0.4) is 0 Å². The van der Waals surface area contributed by atoms with Crippen LogP contribution in [0.2, 0.25) is 0 Å². The molecule has 0 amide bonds. The molecule has 1 unspecified atom stereocenters. The predicted molar refractivity (Wildman–Crippen MR) is 71.0 cm³/mol. The molecule has 1 rings (SSSR count). The molecule has 0 aromatic carbocycles. The van der Waals surface area contributed by atoms with E-state index < -0.39 is 0 Å². The van der Waals surface area contributed by atoms with E-state index in [0.29, 0.717) is 12.6 Å². The minimum atomic E-state index is 0.180. The Morgan fingerprint density at radius 3 is 2.71 bits per heavy atom. The maximum atomic E-state index is 5.83. The molecule has 0 fully saturated rings. The molecule has 0 spiro atoms. The van der Waals surface area contributed by atoms with E-state index >= 15 is 0 Å². The SMILES string of the molecule is CC(C)n1cncc1C(CN)NCCN(C)C. The van der Waals surface area contributed by atoms with E-state index in [1.165, 1.54) is 5.69 Å². The van der Waals surface area contributed by atoms with E-state index in [2.05, 4.69) is 47.7 Å². The van der Waals surface area contributed by atoms with Crippen LogP contribution >= 0.6 is 0 Å². The van der Waals surface area contributed by atoms with Gasteiger partial charge in [0.25, 0.3) is 0 Å². The summed E-state index contributed by atoms with van der Waals surface area (Å²) in [5, 5.41) is 3.47. The third kappa shape index (κ3) is 4.11. The van der Waals surface area contributed by atoms with Gasteiger partial charge in [-0.05, 0) is 27.9 Å². The molecule has 1 atom stereocenters. The fraction of sp³-hybridized carbons (Fsp3) is 0.750. The smallest absolute Gasteiger partial charge is 0.0951 e. The highest BCUT2D eigenvalue weighted by molar-refractivity contribution is 5.07. The highest BCUT2D eigenvalue weighted by atomic mass is 15.1. The first-order valence-corrected chi connectivity index (χ1v) is 6.16. The average molecular weight is 239 g/mol. The molecular weight excluding hydrogens is 214 g/mol. The number of aromatic nitrogens is 2. The van der Waals surface area contributed by atoms with Crippen LogP contribution in [-0.2, 0) is 0 Å². The van der Waals surface area contributed by atoms with Gasteiger partial charge in [0, 0.05) is 31.9 Å². The zero-order valence-electron chi connectivity index (χ0n) is 11.3. The summed E-state index contributed by atoms with van der Waals surface area (Å²) in [6, 6.07) is 0.594. The zero-order valence-corrected chi connectivity index (χ0v) is 11.3. The van der Waals surface area contributed by atoms with Gasteiger partial charge in [0.2, 0.25) is 0 Å². The van der Waals surface area contributed by atoms with Gasteiger partial charge in [-0.1, -0.05) is 0 Å². The van der Waals surface area contributed by atoms with E-state index in [4.69, 9.17) is 5.73 Å². The van der Waals surface area contributed by atoms with Crippen LogP contribution in [0.1, 0.15) is 31.6 Å². The number of hydrogen-bond donors (Lipinski definition) is 2. The topological polar surface area (TPSA) is 59.1 Å². The summed E-state index contributed by atoms with van der Waals surface area (Å²) in [5.41, 5.74) is 7.00. The van der Waals surface area contributed by atoms with Gasteiger partial charge in [-0.3, -0.25) is 0 Å². The molecule has 5 heteroatoms. The lowest BCUT2D eigenvalue weighted by atomic mass is 10.2. The van der Waals surface area contributed by atoms with Crippen LogP contribution in [0, 0.1) is 0 Å². The van der Waals surface area contributed by atoms with Gasteiger partial charge in [0.1, 0.15) is 0 Å². The second-order valence-corrected chi connectivity index (χ2v) is 4.87. The molecule has 0 aliphatic heterocycles. The van der Waals surface area contributed by atoms with E-state index in [9.17, 15) is 0 Å². The molecular formula is C12H25N5. The molecule has 1 aromatic heterocycles. The Morgan fingerprint density at radius 1 is 1.47 bits per heavy atom. The average Bonchev–Trinajstić information content (AvgIpc) is 2.72. The van der Waals surface area contributed by atoms with Crippen molar-refractivity contribution in [2.45, 2.75) is 25.9 Å². The highest BCUT2D eigenvalue weighted by Crippen LogP contribution is 2.15. The largest absolute Gasteiger partial charge is 0.331 e. The number of imidazole rings is 1. The van der Waals surface area contributed by atoms with Gasteiger partial charge in [-0.25, -0.2) is 4.98 Å². The Morgan fingerprint density at radius 2 is 2.18 bits per heavy atom. The molecule has 17 heavy (non-hydrogen) atoms. The van der Waals surface area contributed by atoms with E-state index in [0.717, 1.165) is 13.1 Å². The lowest BCUT2D eigenvalue weighted by Gasteiger charge is -2.21. The number of nitrogens with two attached hydrogens (primary N) is 1. The third-order valence-electron chi connectivity index (χ3n) is 2.79. The third-order valence-corrected chi connectivity index (χ3v) is 2.79. The summed E-state index contributed by atoms with van der Waals surface area (Å²) < 4.78 is 2.17. The van der Waals surface area contributed by atoms with Gasteiger partial charge in [-0.15, -0.1) is 0 Å². The van der Waals surface area contributed by atoms with Crippen LogP contribution in [0.15, 0.2) is 12.5 Å². The van der Waals surface area contributed by atoms with Crippen molar-refractivity contribution in [1.82, 2.24) is 19.8 Å². The maximum absolute atomic E-state index is 5.83. The first-order valence-electron chi connectivity index (χ1n) is 6.16. The van der Waals surface area contributed by atoms with Crippen molar-refractivity contribution in [3.63, 3.8) is 0 Å². The van der Waals surface area contributed by atoms with Crippen molar-refractivity contribution >= 4 is 0 Å². The van der Waals surface area contributed by atoms with Gasteiger partial charge >= 0.3 is 0 Å². The number of rotatable bonds is 7. The van der Waals surface area contributed by atoms with Crippen molar-refractivity contribution in [2.24, 2.45) is 5.73 Å². The molecule has 0 bridgehead atoms. The molecule has 5 nitrogen and oxygen atoms in total. The van der Waals surface area contributed by atoms with Crippen LogP contribution in [-0.4, -0.2) is 48.2 Å². The Hall–Kier alpha value is -0.910. The first-order chi connectivity index (χ1) is 8.06. The number of likely N-dealkylation sites (N-methyl/N-ethyl adjacent to an activating group) is 1. The van der Waals surface area contributed by atoms with Gasteiger partial charge in [0.05, 0.1) is 18.1 Å². The summed E-state index contributed by atoms with van der Waals surface area (Å²) in [5.74, 6) is 0. The Kier molecular flexibility index (Phi) is 5.61. The van der Waals surface area contributed by atoms with Crippen molar-refractivity contribution in [1.29, 1.82) is 0 Å². The fourth-order valence-electron chi connectivity index (χ4n) is 1.79. The Balaban J connectivity index is 2.62. The van der Waals surface area contributed by atoms with Crippen molar-refractivity contribution < 1.29 is 0 Å². The van der Waals surface area contributed by atoms with E-state index in [1.807, 2.05) is 12.5 Å². The second kappa shape index (κ2) is 6.74. The van der Waals surface area contributed by atoms with Crippen LogP contribution in [0.25, 0.3) is 0 Å². The highest BCUT2D eigenvalue weighted by Gasteiger charge is 2.15. The lowest BCUT2D eigenvalue weighted by Crippen LogP contribution is -2.34. The fourth-order valence-corrected chi connectivity index (χ4v) is 1.79. The van der Waals surface area contributed by atoms with Crippen molar-refractivity contribution in [2.75, 3.05) is 33.7 Å². The number of hydrogen-bond acceptors (Lipinski definition) is 4. The van der Waals surface area contributed by atoms with Crippen LogP contribution in [0.5, 0.6) is 0 Å². The summed E-state index contributed by atoms with van der Waals surface area (Å²) in [4.78, 5) is 6.37. The van der Waals surface area contributed by atoms with Crippen LogP contribution < -0.4 is 11.1 Å². The predicted octanol–water partition coefficient (Wildman–Crippen LogP) is 0.615. The monoisotopic (exact) mass is 239 g/mol. The summed E-state index contributed by atoms with van der Waals surface area (Å²) in [6.07, 6.45) is 3.77. The second-order valence-electron chi connectivity index (χ2n) is 4.87. The Bertz CT molecular complexity index is 318. The maximum Gasteiger partial charge on any atom is 0.0951 e. The first kappa shape index (κ1) is 14.2. The normalized spacial score (nSPS) is 13.6. The van der Waals surface area contributed by atoms with E-state index in [-0.39, 0.29) is 6.04 Å². The Labute approximate surface area is 104 Å². The molecule has 0 aliphatic carbocycles. The minimum Gasteiger partial charge on any atom is -0.331 e. The molecule has 98 valence electrons. The standard InChI is InChI=1S/C12H25N5/c1-10(2)17-9-14-8-12(17)11(7-13)15-5-6-16(3)4/h8-11,15H,5-7,13H2,1-4H3. The summed E-state index contributed by atoms with van der Waals surface area (Å²) in [6.45, 7) is 6.83. The summed E-state index contributed by atoms with van der Waals surface area (Å²) in [7, 11) is 4.13. The molecule has 0 radical (unpaired) electrons. The van der Waals surface area contributed by atoms with Gasteiger partial charge in [0.15, 0.2) is 0 Å². The van der Waals surface area contributed by atoms with Gasteiger partial charge < -0.3 is 20.5 Å². The molecule has 1 aromatic rings. The lowest BCUT2D eigenvalue weighted by molar-refractivity contribution is 0.379. The van der Waals surface area contributed by atoms with Crippen molar-refractivity contribution in [3.8, 4) is 0 Å². The van der Waals surface area contributed by atoms with Crippen LogP contribution in [0.4, 0.5) is 0 Å². The molecule has 0 saturated carbocycles. The quantitative estimate of drug-likeness (QED) is 0.732. The number of nitrogens with one attached hydrogen (secondary N) is 1. The van der Waals surface area contributed by atoms with E-state index in [1.54, 1.807) is 0 Å². The van der Waals surface area contributed by atoms with Gasteiger partial charge in [-0.2, -0.15) is 0 Å².